The quantitative estimate of drug-likeness (QED) is 0.540. The number of alkyl halides is 1. The minimum atomic E-state index is 0.495. The van der Waals surface area contributed by atoms with Gasteiger partial charge in [-0.15, -0.1) is 0 Å². The fourth-order valence-electron chi connectivity index (χ4n) is 3.92. The summed E-state index contributed by atoms with van der Waals surface area (Å²) in [5.41, 5.74) is 1.39. The van der Waals surface area contributed by atoms with Crippen molar-refractivity contribution in [3.63, 3.8) is 0 Å². The molecule has 0 aliphatic heterocycles. The third-order valence-electron chi connectivity index (χ3n) is 4.90. The first-order valence-corrected chi connectivity index (χ1v) is 9.46. The van der Waals surface area contributed by atoms with Crippen molar-refractivity contribution in [3.8, 4) is 5.75 Å². The van der Waals surface area contributed by atoms with Crippen LogP contribution in [-0.2, 0) is 0 Å². The Labute approximate surface area is 138 Å². The van der Waals surface area contributed by atoms with Crippen LogP contribution in [0.2, 0.25) is 0 Å². The average Bonchev–Trinajstić information content (AvgIpc) is 3.08. The minimum Gasteiger partial charge on any atom is -0.492 e. The van der Waals surface area contributed by atoms with E-state index in [2.05, 4.69) is 57.0 Å². The number of hydrogen-bond donors (Lipinski definition) is 0. The summed E-state index contributed by atoms with van der Waals surface area (Å²) in [6.07, 6.45) is 6.82. The highest BCUT2D eigenvalue weighted by Crippen LogP contribution is 2.55. The van der Waals surface area contributed by atoms with Crippen LogP contribution in [0.3, 0.4) is 0 Å². The molecule has 2 aliphatic carbocycles. The van der Waals surface area contributed by atoms with Crippen LogP contribution in [-0.4, -0.2) is 6.61 Å². The zero-order valence-electron chi connectivity index (χ0n) is 11.9. The van der Waals surface area contributed by atoms with Crippen LogP contribution in [0.1, 0.15) is 49.4 Å². The first-order valence-electron chi connectivity index (χ1n) is 7.75. The molecule has 4 unspecified atom stereocenters. The van der Waals surface area contributed by atoms with Gasteiger partial charge in [-0.25, -0.2) is 0 Å². The summed E-state index contributed by atoms with van der Waals surface area (Å²) in [7, 11) is 0. The standard InChI is InChI=1S/C17H22Br2O/c1-2-7-20-16-6-5-13(10-15(16)18)17(19)14-9-11-3-4-12(14)8-11/h5-6,10-12,14,17H,2-4,7-9H2,1H3. The summed E-state index contributed by atoms with van der Waals surface area (Å²) < 4.78 is 6.81. The van der Waals surface area contributed by atoms with Crippen LogP contribution < -0.4 is 4.74 Å². The van der Waals surface area contributed by atoms with Crippen LogP contribution in [0.5, 0.6) is 5.75 Å². The smallest absolute Gasteiger partial charge is 0.133 e. The molecular formula is C17H22Br2O. The van der Waals surface area contributed by atoms with E-state index in [0.29, 0.717) is 4.83 Å². The Hall–Kier alpha value is -0.0200. The van der Waals surface area contributed by atoms with E-state index in [0.717, 1.165) is 41.0 Å². The number of rotatable bonds is 5. The molecule has 2 aliphatic rings. The van der Waals surface area contributed by atoms with Crippen LogP contribution in [0.4, 0.5) is 0 Å². The summed E-state index contributed by atoms with van der Waals surface area (Å²) in [6, 6.07) is 6.56. The highest BCUT2D eigenvalue weighted by Gasteiger charge is 2.42. The third-order valence-corrected chi connectivity index (χ3v) is 6.73. The molecule has 2 bridgehead atoms. The fourth-order valence-corrected chi connectivity index (χ4v) is 5.36. The van der Waals surface area contributed by atoms with Gasteiger partial charge >= 0.3 is 0 Å². The Kier molecular flexibility index (Phi) is 4.76. The third kappa shape index (κ3) is 2.94. The van der Waals surface area contributed by atoms with Crippen LogP contribution in [0.25, 0.3) is 0 Å². The van der Waals surface area contributed by atoms with E-state index in [1.165, 1.54) is 31.2 Å². The first-order chi connectivity index (χ1) is 9.69. The molecule has 3 rings (SSSR count). The number of hydrogen-bond acceptors (Lipinski definition) is 1. The highest BCUT2D eigenvalue weighted by atomic mass is 79.9. The molecule has 0 N–H and O–H groups in total. The molecule has 0 saturated heterocycles. The minimum absolute atomic E-state index is 0.495. The SMILES string of the molecule is CCCOc1ccc(C(Br)C2CC3CCC2C3)cc1Br. The van der Waals surface area contributed by atoms with E-state index in [4.69, 9.17) is 4.74 Å². The lowest BCUT2D eigenvalue weighted by molar-refractivity contribution is 0.314. The molecule has 2 fully saturated rings. The molecule has 1 nitrogen and oxygen atoms in total. The van der Waals surface area contributed by atoms with Gasteiger partial charge in [0.25, 0.3) is 0 Å². The van der Waals surface area contributed by atoms with Crippen LogP contribution >= 0.6 is 31.9 Å². The van der Waals surface area contributed by atoms with Crippen molar-refractivity contribution in [2.45, 2.75) is 43.9 Å². The Morgan fingerprint density at radius 3 is 2.75 bits per heavy atom. The average molecular weight is 402 g/mol. The van der Waals surface area contributed by atoms with Crippen molar-refractivity contribution < 1.29 is 4.74 Å². The molecule has 1 aromatic carbocycles. The molecule has 110 valence electrons. The van der Waals surface area contributed by atoms with Gasteiger partial charge in [-0.3, -0.25) is 0 Å². The van der Waals surface area contributed by atoms with Crippen molar-refractivity contribution in [3.05, 3.63) is 28.2 Å². The molecule has 0 spiro atoms. The maximum Gasteiger partial charge on any atom is 0.133 e. The van der Waals surface area contributed by atoms with E-state index in [1.807, 2.05) is 0 Å². The summed E-state index contributed by atoms with van der Waals surface area (Å²) in [5, 5.41) is 0. The van der Waals surface area contributed by atoms with E-state index in [9.17, 15) is 0 Å². The number of benzene rings is 1. The normalized spacial score (nSPS) is 29.6. The number of halogens is 2. The Morgan fingerprint density at radius 2 is 2.15 bits per heavy atom. The zero-order chi connectivity index (χ0) is 14.1. The van der Waals surface area contributed by atoms with Crippen molar-refractivity contribution in [1.29, 1.82) is 0 Å². The molecule has 4 atom stereocenters. The highest BCUT2D eigenvalue weighted by molar-refractivity contribution is 9.10. The lowest BCUT2D eigenvalue weighted by Gasteiger charge is -2.27. The van der Waals surface area contributed by atoms with Gasteiger partial charge in [-0.2, -0.15) is 0 Å². The number of fused-ring (bicyclic) bond motifs is 2. The van der Waals surface area contributed by atoms with Crippen molar-refractivity contribution in [1.82, 2.24) is 0 Å². The van der Waals surface area contributed by atoms with E-state index >= 15 is 0 Å². The van der Waals surface area contributed by atoms with E-state index < -0.39 is 0 Å². The van der Waals surface area contributed by atoms with Crippen LogP contribution in [0, 0.1) is 17.8 Å². The first kappa shape index (κ1) is 14.9. The lowest BCUT2D eigenvalue weighted by Crippen LogP contribution is -2.15. The van der Waals surface area contributed by atoms with Crippen molar-refractivity contribution >= 4 is 31.9 Å². The van der Waals surface area contributed by atoms with Gasteiger partial charge in [0.15, 0.2) is 0 Å². The van der Waals surface area contributed by atoms with Gasteiger partial charge in [0.1, 0.15) is 5.75 Å². The summed E-state index contributed by atoms with van der Waals surface area (Å²) in [6.45, 7) is 2.91. The topological polar surface area (TPSA) is 9.23 Å². The maximum atomic E-state index is 5.73. The van der Waals surface area contributed by atoms with Gasteiger partial charge in [0, 0.05) is 4.83 Å². The van der Waals surface area contributed by atoms with E-state index in [1.54, 1.807) is 0 Å². The van der Waals surface area contributed by atoms with Crippen molar-refractivity contribution in [2.75, 3.05) is 6.61 Å². The fraction of sp³-hybridized carbons (Fsp3) is 0.647. The van der Waals surface area contributed by atoms with Gasteiger partial charge in [0.05, 0.1) is 11.1 Å². The second-order valence-electron chi connectivity index (χ2n) is 6.28. The summed E-state index contributed by atoms with van der Waals surface area (Å²) in [5.74, 6) is 3.73. The van der Waals surface area contributed by atoms with Crippen molar-refractivity contribution in [2.24, 2.45) is 17.8 Å². The Morgan fingerprint density at radius 1 is 1.30 bits per heavy atom. The lowest BCUT2D eigenvalue weighted by atomic mass is 9.84. The Balaban J connectivity index is 1.72. The molecule has 0 heterocycles. The molecule has 0 aromatic heterocycles. The molecule has 0 amide bonds. The predicted octanol–water partition coefficient (Wildman–Crippen LogP) is 6.11. The molecule has 20 heavy (non-hydrogen) atoms. The van der Waals surface area contributed by atoms with Crippen LogP contribution in [0.15, 0.2) is 22.7 Å². The second-order valence-corrected chi connectivity index (χ2v) is 8.12. The molecular weight excluding hydrogens is 380 g/mol. The zero-order valence-corrected chi connectivity index (χ0v) is 15.1. The molecule has 2 saturated carbocycles. The largest absolute Gasteiger partial charge is 0.492 e. The predicted molar refractivity (Wildman–Crippen MR) is 90.5 cm³/mol. The molecule has 1 aromatic rings. The van der Waals surface area contributed by atoms with Gasteiger partial charge in [-0.05, 0) is 77.1 Å². The Bertz CT molecular complexity index is 474. The monoisotopic (exact) mass is 400 g/mol. The van der Waals surface area contributed by atoms with E-state index in [-0.39, 0.29) is 0 Å². The molecule has 0 radical (unpaired) electrons. The number of ether oxygens (including phenoxy) is 1. The van der Waals surface area contributed by atoms with Gasteiger partial charge < -0.3 is 4.74 Å². The summed E-state index contributed by atoms with van der Waals surface area (Å²) in [4.78, 5) is 0.495. The summed E-state index contributed by atoms with van der Waals surface area (Å²) >= 11 is 7.61. The maximum absolute atomic E-state index is 5.73. The second kappa shape index (κ2) is 6.39. The van der Waals surface area contributed by atoms with Gasteiger partial charge in [0.2, 0.25) is 0 Å². The molecule has 3 heteroatoms. The van der Waals surface area contributed by atoms with Gasteiger partial charge in [-0.1, -0.05) is 35.3 Å².